The molecule has 0 aromatic heterocycles. The van der Waals surface area contributed by atoms with Crippen LogP contribution in [0.5, 0.6) is 5.75 Å². The minimum Gasteiger partial charge on any atom is -0.429 e. The van der Waals surface area contributed by atoms with Crippen molar-refractivity contribution in [2.75, 3.05) is 0 Å². The molecule has 1 aromatic rings. The second-order valence-corrected chi connectivity index (χ2v) is 8.70. The molecular weight excluding hydrogens is 380 g/mol. The molecule has 0 aliphatic heterocycles. The summed E-state index contributed by atoms with van der Waals surface area (Å²) in [6, 6.07) is 2.33. The fourth-order valence-corrected chi connectivity index (χ4v) is 5.29. The minimum atomic E-state index is -3.24. The van der Waals surface area contributed by atoms with Crippen molar-refractivity contribution in [3.8, 4) is 5.75 Å². The summed E-state index contributed by atoms with van der Waals surface area (Å²) >= 11 is 0. The number of rotatable bonds is 7. The quantitative estimate of drug-likeness (QED) is 0.326. The lowest BCUT2D eigenvalue weighted by molar-refractivity contribution is -0.0546. The van der Waals surface area contributed by atoms with E-state index in [2.05, 4.69) is 23.8 Å². The highest BCUT2D eigenvalue weighted by Gasteiger charge is 2.31. The molecule has 0 radical (unpaired) electrons. The molecule has 1 nitrogen and oxygen atoms in total. The topological polar surface area (TPSA) is 9.23 Å². The fourth-order valence-electron chi connectivity index (χ4n) is 5.29. The molecule has 0 atom stereocenters. The maximum atomic E-state index is 14.0. The number of ether oxygens (including phenoxy) is 1. The van der Waals surface area contributed by atoms with Gasteiger partial charge in [0.2, 0.25) is 0 Å². The Balaban J connectivity index is 1.50. The Morgan fingerprint density at radius 1 is 0.897 bits per heavy atom. The first-order valence-electron chi connectivity index (χ1n) is 11.1. The van der Waals surface area contributed by atoms with Crippen LogP contribution in [-0.2, 0) is 0 Å². The summed E-state index contributed by atoms with van der Waals surface area (Å²) in [5.74, 6) is -0.678. The lowest BCUT2D eigenvalue weighted by atomic mass is 9.68. The molecular formula is C24H32F4O. The third-order valence-electron chi connectivity index (χ3n) is 6.90. The number of hydrogen-bond donors (Lipinski definition) is 0. The van der Waals surface area contributed by atoms with Crippen LogP contribution in [0.3, 0.4) is 0 Å². The molecule has 2 aliphatic carbocycles. The number of benzene rings is 1. The van der Waals surface area contributed by atoms with Gasteiger partial charge in [-0.15, -0.1) is 0 Å². The molecule has 0 N–H and O–H groups in total. The van der Waals surface area contributed by atoms with Crippen molar-refractivity contribution in [3.63, 3.8) is 0 Å². The summed E-state index contributed by atoms with van der Waals surface area (Å²) in [5, 5.41) is 0. The van der Waals surface area contributed by atoms with Crippen LogP contribution in [-0.4, -0.2) is 6.61 Å². The monoisotopic (exact) mass is 412 g/mol. The summed E-state index contributed by atoms with van der Waals surface area (Å²) in [6.45, 7) is -1.07. The van der Waals surface area contributed by atoms with Gasteiger partial charge in [-0.1, -0.05) is 19.1 Å². The smallest absolute Gasteiger partial charge is 0.387 e. The van der Waals surface area contributed by atoms with Gasteiger partial charge in [0.05, 0.1) is 0 Å². The Morgan fingerprint density at radius 2 is 1.45 bits per heavy atom. The normalized spacial score (nSPS) is 28.2. The van der Waals surface area contributed by atoms with Crippen LogP contribution in [0.1, 0.15) is 82.6 Å². The second kappa shape index (κ2) is 10.5. The summed E-state index contributed by atoms with van der Waals surface area (Å²) in [6.07, 6.45) is 16.0. The van der Waals surface area contributed by atoms with Crippen LogP contribution < -0.4 is 4.74 Å². The van der Waals surface area contributed by atoms with E-state index in [4.69, 9.17) is 0 Å². The van der Waals surface area contributed by atoms with Gasteiger partial charge in [0.15, 0.2) is 17.4 Å². The SMILES string of the molecule is CC/C=C/C[C@H]1CC[C@H]([C@H]2CC[C@H](c3cc(F)c(OC(F)F)c(F)c3)CC2)CC1. The van der Waals surface area contributed by atoms with Crippen molar-refractivity contribution in [2.24, 2.45) is 17.8 Å². The van der Waals surface area contributed by atoms with Crippen molar-refractivity contribution < 1.29 is 22.3 Å². The predicted molar refractivity (Wildman–Crippen MR) is 107 cm³/mol. The van der Waals surface area contributed by atoms with E-state index < -0.39 is 24.0 Å². The van der Waals surface area contributed by atoms with E-state index >= 15 is 0 Å². The highest BCUT2D eigenvalue weighted by Crippen LogP contribution is 2.45. The zero-order valence-electron chi connectivity index (χ0n) is 17.2. The van der Waals surface area contributed by atoms with Gasteiger partial charge in [0.25, 0.3) is 0 Å². The molecule has 0 bridgehead atoms. The van der Waals surface area contributed by atoms with E-state index in [0.29, 0.717) is 11.5 Å². The lowest BCUT2D eigenvalue weighted by Gasteiger charge is -2.38. The first-order chi connectivity index (χ1) is 14.0. The first kappa shape index (κ1) is 22.2. The molecule has 2 saturated carbocycles. The van der Waals surface area contributed by atoms with Gasteiger partial charge in [-0.2, -0.15) is 8.78 Å². The number of allylic oxidation sites excluding steroid dienone is 2. The van der Waals surface area contributed by atoms with E-state index in [0.717, 1.165) is 43.9 Å². The second-order valence-electron chi connectivity index (χ2n) is 8.70. The van der Waals surface area contributed by atoms with Crippen LogP contribution in [0.15, 0.2) is 24.3 Å². The van der Waals surface area contributed by atoms with Crippen molar-refractivity contribution in [1.82, 2.24) is 0 Å². The molecule has 0 heterocycles. The Bertz CT molecular complexity index is 648. The molecule has 2 aliphatic rings. The summed E-state index contributed by atoms with van der Waals surface area (Å²) < 4.78 is 56.6. The molecule has 0 saturated heterocycles. The van der Waals surface area contributed by atoms with E-state index in [1.807, 2.05) is 0 Å². The molecule has 29 heavy (non-hydrogen) atoms. The fraction of sp³-hybridized carbons (Fsp3) is 0.667. The number of halogens is 4. The number of alkyl halides is 2. The standard InChI is InChI=1S/C24H32F4O/c1-2-3-4-5-16-6-8-17(9-7-16)18-10-12-19(13-11-18)20-14-21(25)23(22(26)15-20)29-24(27)28/h3-4,14-19,24H,2,5-13H2,1H3/b4-3+/t16-,17-,18-,19-. The first-order valence-corrected chi connectivity index (χ1v) is 11.1. The Morgan fingerprint density at radius 3 is 1.97 bits per heavy atom. The predicted octanol–water partition coefficient (Wildman–Crippen LogP) is 8.00. The van der Waals surface area contributed by atoms with E-state index in [-0.39, 0.29) is 5.92 Å². The molecule has 3 rings (SSSR count). The van der Waals surface area contributed by atoms with Crippen molar-refractivity contribution in [1.29, 1.82) is 0 Å². The van der Waals surface area contributed by atoms with Crippen LogP contribution in [0.2, 0.25) is 0 Å². The molecule has 5 heteroatoms. The average Bonchev–Trinajstić information content (AvgIpc) is 2.71. The summed E-state index contributed by atoms with van der Waals surface area (Å²) in [7, 11) is 0. The summed E-state index contributed by atoms with van der Waals surface area (Å²) in [5.41, 5.74) is 0.562. The van der Waals surface area contributed by atoms with Crippen molar-refractivity contribution >= 4 is 0 Å². The van der Waals surface area contributed by atoms with Crippen LogP contribution in [0.25, 0.3) is 0 Å². The lowest BCUT2D eigenvalue weighted by Crippen LogP contribution is -2.25. The van der Waals surface area contributed by atoms with Crippen molar-refractivity contribution in [3.05, 3.63) is 41.5 Å². The van der Waals surface area contributed by atoms with Crippen LogP contribution in [0.4, 0.5) is 17.6 Å². The Kier molecular flexibility index (Phi) is 8.02. The van der Waals surface area contributed by atoms with Gasteiger partial charge < -0.3 is 4.74 Å². The maximum absolute atomic E-state index is 14.0. The minimum absolute atomic E-state index is 0.0892. The molecule has 0 spiro atoms. The molecule has 1 aromatic carbocycles. The molecule has 0 amide bonds. The van der Waals surface area contributed by atoms with E-state index in [9.17, 15) is 17.6 Å². The summed E-state index contributed by atoms with van der Waals surface area (Å²) in [4.78, 5) is 0. The third-order valence-corrected chi connectivity index (χ3v) is 6.90. The molecule has 162 valence electrons. The van der Waals surface area contributed by atoms with Gasteiger partial charge in [-0.3, -0.25) is 0 Å². The van der Waals surface area contributed by atoms with E-state index in [1.54, 1.807) is 0 Å². The Labute approximate surface area is 171 Å². The number of hydrogen-bond acceptors (Lipinski definition) is 1. The third kappa shape index (κ3) is 5.99. The molecule has 0 unspecified atom stereocenters. The largest absolute Gasteiger partial charge is 0.429 e. The van der Waals surface area contributed by atoms with Gasteiger partial charge in [0.1, 0.15) is 0 Å². The van der Waals surface area contributed by atoms with Gasteiger partial charge in [0, 0.05) is 0 Å². The zero-order chi connectivity index (χ0) is 20.8. The Hall–Kier alpha value is -1.52. The van der Waals surface area contributed by atoms with E-state index in [1.165, 1.54) is 44.2 Å². The maximum Gasteiger partial charge on any atom is 0.387 e. The highest BCUT2D eigenvalue weighted by molar-refractivity contribution is 5.33. The zero-order valence-corrected chi connectivity index (χ0v) is 17.2. The van der Waals surface area contributed by atoms with Crippen LogP contribution >= 0.6 is 0 Å². The average molecular weight is 413 g/mol. The van der Waals surface area contributed by atoms with Gasteiger partial charge in [-0.05, 0) is 106 Å². The van der Waals surface area contributed by atoms with Crippen molar-refractivity contribution in [2.45, 2.75) is 83.7 Å². The highest BCUT2D eigenvalue weighted by atomic mass is 19.3. The van der Waals surface area contributed by atoms with Gasteiger partial charge in [-0.25, -0.2) is 8.78 Å². The van der Waals surface area contributed by atoms with Crippen LogP contribution in [0, 0.1) is 29.4 Å². The molecule has 2 fully saturated rings. The van der Waals surface area contributed by atoms with Gasteiger partial charge >= 0.3 is 6.61 Å².